The van der Waals surface area contributed by atoms with Gasteiger partial charge in [-0.1, -0.05) is 30.9 Å². The minimum Gasteiger partial charge on any atom is -0.391 e. The quantitative estimate of drug-likeness (QED) is 0.794. The fourth-order valence-electron chi connectivity index (χ4n) is 2.31. The minimum atomic E-state index is -0.362. The molecule has 1 aromatic carbocycles. The van der Waals surface area contributed by atoms with Crippen LogP contribution in [0.15, 0.2) is 18.2 Å². The lowest BCUT2D eigenvalue weighted by atomic mass is 10.1. The van der Waals surface area contributed by atoms with Gasteiger partial charge in [-0.25, -0.2) is 4.39 Å². The second-order valence-electron chi connectivity index (χ2n) is 4.61. The van der Waals surface area contributed by atoms with Crippen molar-refractivity contribution in [2.75, 3.05) is 5.32 Å². The number of aliphatic hydroxyl groups is 1. The van der Waals surface area contributed by atoms with E-state index in [1.807, 2.05) is 0 Å². The van der Waals surface area contributed by atoms with Crippen LogP contribution in [-0.4, -0.2) is 17.3 Å². The Bertz CT molecular complexity index is 365. The van der Waals surface area contributed by atoms with Crippen molar-refractivity contribution in [3.63, 3.8) is 0 Å². The van der Waals surface area contributed by atoms with Gasteiger partial charge in [-0.05, 0) is 31.0 Å². The van der Waals surface area contributed by atoms with Crippen LogP contribution in [0.2, 0.25) is 5.02 Å². The highest BCUT2D eigenvalue weighted by molar-refractivity contribution is 6.30. The predicted molar refractivity (Wildman–Crippen MR) is 67.9 cm³/mol. The van der Waals surface area contributed by atoms with Crippen molar-refractivity contribution in [3.8, 4) is 0 Å². The van der Waals surface area contributed by atoms with E-state index in [1.54, 1.807) is 6.07 Å². The van der Waals surface area contributed by atoms with Gasteiger partial charge in [0.05, 0.1) is 12.1 Å². The summed E-state index contributed by atoms with van der Waals surface area (Å²) in [6.07, 6.45) is 4.66. The van der Waals surface area contributed by atoms with Crippen LogP contribution in [0.4, 0.5) is 10.1 Å². The van der Waals surface area contributed by atoms with Crippen molar-refractivity contribution in [2.45, 2.75) is 44.2 Å². The van der Waals surface area contributed by atoms with Crippen LogP contribution in [0.1, 0.15) is 32.1 Å². The van der Waals surface area contributed by atoms with Crippen molar-refractivity contribution in [3.05, 3.63) is 29.0 Å². The lowest BCUT2D eigenvalue weighted by molar-refractivity contribution is 0.144. The molecule has 1 aliphatic rings. The maximum atomic E-state index is 13.2. The molecule has 17 heavy (non-hydrogen) atoms. The second kappa shape index (κ2) is 5.69. The van der Waals surface area contributed by atoms with Crippen LogP contribution in [-0.2, 0) is 0 Å². The first-order chi connectivity index (χ1) is 8.15. The van der Waals surface area contributed by atoms with Crippen LogP contribution in [0.3, 0.4) is 0 Å². The minimum absolute atomic E-state index is 0.00429. The molecule has 1 fully saturated rings. The highest BCUT2D eigenvalue weighted by Gasteiger charge is 2.21. The summed E-state index contributed by atoms with van der Waals surface area (Å²) >= 11 is 5.79. The molecule has 1 aromatic rings. The normalized spacial score (nSPS) is 25.4. The smallest absolute Gasteiger partial charge is 0.126 e. The number of hydrogen-bond donors (Lipinski definition) is 2. The van der Waals surface area contributed by atoms with Crippen molar-refractivity contribution in [1.82, 2.24) is 0 Å². The Labute approximate surface area is 106 Å². The van der Waals surface area contributed by atoms with E-state index in [1.165, 1.54) is 12.1 Å². The van der Waals surface area contributed by atoms with Crippen molar-refractivity contribution in [1.29, 1.82) is 0 Å². The third-order valence-corrected chi connectivity index (χ3v) is 3.41. The molecule has 1 aliphatic carbocycles. The molecule has 0 radical (unpaired) electrons. The van der Waals surface area contributed by atoms with E-state index in [-0.39, 0.29) is 18.0 Å². The maximum Gasteiger partial charge on any atom is 0.126 e. The van der Waals surface area contributed by atoms with Crippen LogP contribution in [0, 0.1) is 5.82 Å². The third-order valence-electron chi connectivity index (χ3n) is 3.19. The van der Waals surface area contributed by atoms with Crippen LogP contribution < -0.4 is 5.32 Å². The molecule has 0 aliphatic heterocycles. The van der Waals surface area contributed by atoms with E-state index in [4.69, 9.17) is 11.6 Å². The first-order valence-corrected chi connectivity index (χ1v) is 6.43. The van der Waals surface area contributed by atoms with Gasteiger partial charge >= 0.3 is 0 Å². The largest absolute Gasteiger partial charge is 0.391 e. The molecular weight excluding hydrogens is 241 g/mol. The lowest BCUT2D eigenvalue weighted by Crippen LogP contribution is -2.32. The Morgan fingerprint density at radius 2 is 1.94 bits per heavy atom. The van der Waals surface area contributed by atoms with Crippen LogP contribution in [0.5, 0.6) is 0 Å². The first-order valence-electron chi connectivity index (χ1n) is 6.06. The molecule has 0 bridgehead atoms. The number of rotatable bonds is 2. The van der Waals surface area contributed by atoms with Gasteiger partial charge in [-0.3, -0.25) is 0 Å². The number of nitrogens with one attached hydrogen (secondary N) is 1. The van der Waals surface area contributed by atoms with Crippen molar-refractivity contribution >= 4 is 17.3 Å². The van der Waals surface area contributed by atoms with Gasteiger partial charge < -0.3 is 10.4 Å². The van der Waals surface area contributed by atoms with E-state index in [0.29, 0.717) is 10.7 Å². The van der Waals surface area contributed by atoms with E-state index in [2.05, 4.69) is 5.32 Å². The summed E-state index contributed by atoms with van der Waals surface area (Å²) in [4.78, 5) is 0. The molecule has 2 atom stereocenters. The van der Waals surface area contributed by atoms with Gasteiger partial charge in [0.15, 0.2) is 0 Å². The van der Waals surface area contributed by atoms with Gasteiger partial charge in [-0.2, -0.15) is 0 Å². The third kappa shape index (κ3) is 3.58. The number of benzene rings is 1. The topological polar surface area (TPSA) is 32.3 Å². The predicted octanol–water partition coefficient (Wildman–Crippen LogP) is 3.58. The lowest BCUT2D eigenvalue weighted by Gasteiger charge is -2.23. The van der Waals surface area contributed by atoms with Crippen molar-refractivity contribution < 1.29 is 9.50 Å². The molecule has 2 nitrogen and oxygen atoms in total. The fraction of sp³-hybridized carbons (Fsp3) is 0.538. The average molecular weight is 258 g/mol. The van der Waals surface area contributed by atoms with Gasteiger partial charge in [0.1, 0.15) is 5.82 Å². The first kappa shape index (κ1) is 12.7. The maximum absolute atomic E-state index is 13.2. The Kier molecular flexibility index (Phi) is 4.24. The summed E-state index contributed by atoms with van der Waals surface area (Å²) in [5, 5.41) is 13.5. The highest BCUT2D eigenvalue weighted by atomic mass is 35.5. The van der Waals surface area contributed by atoms with E-state index in [9.17, 15) is 9.50 Å². The molecule has 2 rings (SSSR count). The summed E-state index contributed by atoms with van der Waals surface area (Å²) in [5.41, 5.74) is 0.640. The fourth-order valence-corrected chi connectivity index (χ4v) is 2.53. The molecule has 2 N–H and O–H groups in total. The van der Waals surface area contributed by atoms with Gasteiger partial charge in [0.25, 0.3) is 0 Å². The summed E-state index contributed by atoms with van der Waals surface area (Å²) in [6.45, 7) is 0. The zero-order valence-corrected chi connectivity index (χ0v) is 10.4. The van der Waals surface area contributed by atoms with Gasteiger partial charge in [0, 0.05) is 10.7 Å². The Morgan fingerprint density at radius 3 is 2.71 bits per heavy atom. The molecule has 0 spiro atoms. The summed E-state index contributed by atoms with van der Waals surface area (Å²) in [5.74, 6) is -0.358. The standard InChI is InChI=1S/C13H17ClFNO/c14-9-6-10(15)8-11(7-9)16-12-4-2-1-3-5-13(12)17/h6-8,12-13,16-17H,1-5H2. The molecule has 94 valence electrons. The zero-order valence-electron chi connectivity index (χ0n) is 9.63. The van der Waals surface area contributed by atoms with E-state index >= 15 is 0 Å². The zero-order chi connectivity index (χ0) is 12.3. The Hall–Kier alpha value is -0.800. The molecule has 0 saturated heterocycles. The number of hydrogen-bond acceptors (Lipinski definition) is 2. The molecule has 4 heteroatoms. The van der Waals surface area contributed by atoms with Crippen LogP contribution in [0.25, 0.3) is 0 Å². The molecular formula is C13H17ClFNO. The Morgan fingerprint density at radius 1 is 1.18 bits per heavy atom. The average Bonchev–Trinajstić information content (AvgIpc) is 2.43. The van der Waals surface area contributed by atoms with Gasteiger partial charge in [-0.15, -0.1) is 0 Å². The highest BCUT2D eigenvalue weighted by Crippen LogP contribution is 2.24. The molecule has 0 heterocycles. The van der Waals surface area contributed by atoms with E-state index < -0.39 is 0 Å². The second-order valence-corrected chi connectivity index (χ2v) is 5.05. The van der Waals surface area contributed by atoms with Gasteiger partial charge in [0.2, 0.25) is 0 Å². The van der Waals surface area contributed by atoms with Crippen LogP contribution >= 0.6 is 11.6 Å². The SMILES string of the molecule is OC1CCCCCC1Nc1cc(F)cc(Cl)c1. The molecule has 0 amide bonds. The molecule has 2 unspecified atom stereocenters. The van der Waals surface area contributed by atoms with Crippen molar-refractivity contribution in [2.24, 2.45) is 0 Å². The number of anilines is 1. The number of halogens is 2. The van der Waals surface area contributed by atoms with E-state index in [0.717, 1.165) is 32.1 Å². The molecule has 1 saturated carbocycles. The number of aliphatic hydroxyl groups excluding tert-OH is 1. The summed E-state index contributed by atoms with van der Waals surface area (Å²) < 4.78 is 13.2. The summed E-state index contributed by atoms with van der Waals surface area (Å²) in [6, 6.07) is 4.36. The molecule has 0 aromatic heterocycles. The Balaban J connectivity index is 2.07. The summed E-state index contributed by atoms with van der Waals surface area (Å²) in [7, 11) is 0. The monoisotopic (exact) mass is 257 g/mol.